The fourth-order valence-electron chi connectivity index (χ4n) is 4.76. The Morgan fingerprint density at radius 1 is 1.00 bits per heavy atom. The van der Waals surface area contributed by atoms with Crippen LogP contribution in [-0.4, -0.2) is 0 Å². The molecule has 4 fully saturated rings. The quantitative estimate of drug-likeness (QED) is 0.569. The minimum atomic E-state index is 0.818. The molecule has 0 N–H and O–H groups in total. The molecule has 0 aliphatic heterocycles. The average Bonchev–Trinajstić information content (AvgIpc) is 2.32. The number of hydrogen-bond acceptors (Lipinski definition) is 0. The molecule has 4 aliphatic carbocycles. The van der Waals surface area contributed by atoms with Gasteiger partial charge in [-0.25, -0.2) is 0 Å². The van der Waals surface area contributed by atoms with Gasteiger partial charge in [0, 0.05) is 0 Å². The Kier molecular flexibility index (Phi) is 1.76. The SMILES string of the molecule is CCC12CCC3CC(CC(C3)C1)C2. The van der Waals surface area contributed by atoms with Crippen LogP contribution in [0.25, 0.3) is 0 Å². The van der Waals surface area contributed by atoms with Crippen LogP contribution in [0.15, 0.2) is 0 Å². The first kappa shape index (κ1) is 8.32. The highest BCUT2D eigenvalue weighted by molar-refractivity contribution is 4.97. The highest BCUT2D eigenvalue weighted by Gasteiger charge is 2.46. The second-order valence-corrected chi connectivity index (χ2v) is 6.11. The van der Waals surface area contributed by atoms with Crippen LogP contribution in [0.2, 0.25) is 0 Å². The molecule has 13 heavy (non-hydrogen) atoms. The molecule has 0 spiro atoms. The molecule has 4 bridgehead atoms. The number of rotatable bonds is 1. The summed E-state index contributed by atoms with van der Waals surface area (Å²) in [6, 6.07) is 0. The van der Waals surface area contributed by atoms with E-state index in [-0.39, 0.29) is 0 Å². The Morgan fingerprint density at radius 2 is 1.62 bits per heavy atom. The van der Waals surface area contributed by atoms with Crippen molar-refractivity contribution in [1.29, 1.82) is 0 Å². The van der Waals surface area contributed by atoms with Crippen LogP contribution >= 0.6 is 0 Å². The summed E-state index contributed by atoms with van der Waals surface area (Å²) >= 11 is 0. The molecule has 2 atom stereocenters. The molecule has 0 aromatic rings. The molecule has 0 aromatic heterocycles. The van der Waals surface area contributed by atoms with E-state index in [4.69, 9.17) is 0 Å². The van der Waals surface area contributed by atoms with E-state index >= 15 is 0 Å². The molecule has 0 saturated heterocycles. The maximum atomic E-state index is 2.44. The van der Waals surface area contributed by atoms with Gasteiger partial charge in [-0.2, -0.15) is 0 Å². The standard InChI is InChI=1S/C13H22/c1-2-13-4-3-10-5-11(8-13)7-12(6-10)9-13/h10-12H,2-9H2,1H3. The van der Waals surface area contributed by atoms with E-state index in [1.165, 1.54) is 6.42 Å². The van der Waals surface area contributed by atoms with Gasteiger partial charge in [0.05, 0.1) is 0 Å². The van der Waals surface area contributed by atoms with Crippen LogP contribution in [0.3, 0.4) is 0 Å². The average molecular weight is 178 g/mol. The van der Waals surface area contributed by atoms with E-state index in [2.05, 4.69) is 6.92 Å². The third-order valence-electron chi connectivity index (χ3n) is 5.28. The summed E-state index contributed by atoms with van der Waals surface area (Å²) in [6.45, 7) is 2.44. The zero-order valence-corrected chi connectivity index (χ0v) is 8.89. The van der Waals surface area contributed by atoms with Crippen LogP contribution in [0.5, 0.6) is 0 Å². The van der Waals surface area contributed by atoms with Crippen LogP contribution in [-0.2, 0) is 0 Å². The fraction of sp³-hybridized carbons (Fsp3) is 1.00. The second kappa shape index (κ2) is 2.74. The molecule has 0 nitrogen and oxygen atoms in total. The highest BCUT2D eigenvalue weighted by Crippen LogP contribution is 2.58. The summed E-state index contributed by atoms with van der Waals surface area (Å²) in [5, 5.41) is 0. The summed E-state index contributed by atoms with van der Waals surface area (Å²) in [4.78, 5) is 0. The van der Waals surface area contributed by atoms with Crippen molar-refractivity contribution in [3.8, 4) is 0 Å². The van der Waals surface area contributed by atoms with Gasteiger partial charge in [0.15, 0.2) is 0 Å². The smallest absolute Gasteiger partial charge is 0.0295 e. The Balaban J connectivity index is 1.92. The van der Waals surface area contributed by atoms with Crippen molar-refractivity contribution in [3.05, 3.63) is 0 Å². The fourth-order valence-corrected chi connectivity index (χ4v) is 4.76. The van der Waals surface area contributed by atoms with Gasteiger partial charge in [-0.1, -0.05) is 13.3 Å². The lowest BCUT2D eigenvalue weighted by Gasteiger charge is -2.45. The van der Waals surface area contributed by atoms with Gasteiger partial charge < -0.3 is 0 Å². The molecule has 0 amide bonds. The summed E-state index contributed by atoms with van der Waals surface area (Å²) in [7, 11) is 0. The van der Waals surface area contributed by atoms with Gasteiger partial charge in [-0.05, 0) is 68.1 Å². The minimum Gasteiger partial charge on any atom is -0.0649 e. The van der Waals surface area contributed by atoms with Crippen molar-refractivity contribution in [3.63, 3.8) is 0 Å². The molecule has 0 radical (unpaired) electrons. The second-order valence-electron chi connectivity index (χ2n) is 6.11. The summed E-state index contributed by atoms with van der Waals surface area (Å²) < 4.78 is 0. The molecule has 2 unspecified atom stereocenters. The molecule has 4 aliphatic rings. The lowest BCUT2D eigenvalue weighted by molar-refractivity contribution is 0.0634. The van der Waals surface area contributed by atoms with Crippen molar-refractivity contribution in [2.45, 2.75) is 58.3 Å². The van der Waals surface area contributed by atoms with Crippen LogP contribution in [0.1, 0.15) is 58.3 Å². The molecule has 0 heterocycles. The van der Waals surface area contributed by atoms with Gasteiger partial charge in [0.2, 0.25) is 0 Å². The number of hydrogen-bond donors (Lipinski definition) is 0. The summed E-state index contributed by atoms with van der Waals surface area (Å²) in [5.41, 5.74) is 0.818. The van der Waals surface area contributed by atoms with E-state index in [1.54, 1.807) is 44.9 Å². The van der Waals surface area contributed by atoms with Crippen LogP contribution in [0, 0.1) is 23.2 Å². The monoisotopic (exact) mass is 178 g/mol. The van der Waals surface area contributed by atoms with Crippen molar-refractivity contribution < 1.29 is 0 Å². The largest absolute Gasteiger partial charge is 0.0649 e. The predicted octanol–water partition coefficient (Wildman–Crippen LogP) is 4.00. The van der Waals surface area contributed by atoms with E-state index in [0.717, 1.165) is 23.2 Å². The first-order valence-electron chi connectivity index (χ1n) is 6.30. The van der Waals surface area contributed by atoms with Gasteiger partial charge in [-0.3, -0.25) is 0 Å². The van der Waals surface area contributed by atoms with Gasteiger partial charge in [0.25, 0.3) is 0 Å². The van der Waals surface area contributed by atoms with Crippen LogP contribution in [0.4, 0.5) is 0 Å². The van der Waals surface area contributed by atoms with Crippen molar-refractivity contribution >= 4 is 0 Å². The molecular formula is C13H22. The number of fused-ring (bicyclic) bond motifs is 1. The zero-order valence-electron chi connectivity index (χ0n) is 8.89. The lowest BCUT2D eigenvalue weighted by atomic mass is 9.61. The minimum absolute atomic E-state index is 0.818. The summed E-state index contributed by atoms with van der Waals surface area (Å²) in [6.07, 6.45) is 12.6. The first-order chi connectivity index (χ1) is 6.30. The van der Waals surface area contributed by atoms with Crippen molar-refractivity contribution in [1.82, 2.24) is 0 Å². The third-order valence-corrected chi connectivity index (χ3v) is 5.28. The van der Waals surface area contributed by atoms with E-state index in [0.29, 0.717) is 0 Å². The maximum Gasteiger partial charge on any atom is -0.0295 e. The highest BCUT2D eigenvalue weighted by atomic mass is 14.5. The molecule has 0 heteroatoms. The molecular weight excluding hydrogens is 156 g/mol. The van der Waals surface area contributed by atoms with E-state index in [9.17, 15) is 0 Å². The van der Waals surface area contributed by atoms with Gasteiger partial charge in [0.1, 0.15) is 0 Å². The Bertz CT molecular complexity index is 192. The molecule has 4 rings (SSSR count). The summed E-state index contributed by atoms with van der Waals surface area (Å²) in [5.74, 6) is 3.42. The Morgan fingerprint density at radius 3 is 2.23 bits per heavy atom. The predicted molar refractivity (Wildman–Crippen MR) is 55.5 cm³/mol. The van der Waals surface area contributed by atoms with Gasteiger partial charge in [-0.15, -0.1) is 0 Å². The van der Waals surface area contributed by atoms with Crippen LogP contribution < -0.4 is 0 Å². The lowest BCUT2D eigenvalue weighted by Crippen LogP contribution is -2.33. The zero-order chi connectivity index (χ0) is 8.89. The van der Waals surface area contributed by atoms with E-state index < -0.39 is 0 Å². The topological polar surface area (TPSA) is 0 Å². The Hall–Kier alpha value is 0. The normalized spacial score (nSPS) is 53.8. The van der Waals surface area contributed by atoms with E-state index in [1.807, 2.05) is 0 Å². The Labute approximate surface area is 82.1 Å². The molecule has 4 saturated carbocycles. The third kappa shape index (κ3) is 1.25. The maximum absolute atomic E-state index is 2.44. The van der Waals surface area contributed by atoms with Crippen molar-refractivity contribution in [2.24, 2.45) is 23.2 Å². The van der Waals surface area contributed by atoms with Gasteiger partial charge >= 0.3 is 0 Å². The first-order valence-corrected chi connectivity index (χ1v) is 6.30. The molecule has 74 valence electrons. The molecule has 0 aromatic carbocycles. The van der Waals surface area contributed by atoms with Crippen molar-refractivity contribution in [2.75, 3.05) is 0 Å².